The molecule has 90 valence electrons. The summed E-state index contributed by atoms with van der Waals surface area (Å²) in [6.07, 6.45) is -0.846. The SMILES string of the molecule is CC(C)(C)[P+](=O)OC1OC(=O)c2ccccc21. The molecule has 0 aliphatic carbocycles. The summed E-state index contributed by atoms with van der Waals surface area (Å²) >= 11 is 0. The van der Waals surface area contributed by atoms with E-state index in [0.717, 1.165) is 0 Å². The number of carbonyl (C=O) groups excluding carboxylic acids is 1. The van der Waals surface area contributed by atoms with E-state index >= 15 is 0 Å². The summed E-state index contributed by atoms with van der Waals surface area (Å²) in [6.45, 7) is 5.44. The second kappa shape index (κ2) is 4.21. The van der Waals surface area contributed by atoms with Gasteiger partial charge in [-0.05, 0) is 31.4 Å². The number of hydrogen-bond acceptors (Lipinski definition) is 4. The minimum absolute atomic E-state index is 0.428. The number of fused-ring (bicyclic) bond motifs is 1. The second-order valence-electron chi connectivity index (χ2n) is 4.86. The molecule has 0 N–H and O–H groups in total. The van der Waals surface area contributed by atoms with E-state index in [4.69, 9.17) is 9.26 Å². The lowest BCUT2D eigenvalue weighted by molar-refractivity contribution is -0.0352. The molecule has 1 aliphatic rings. The maximum Gasteiger partial charge on any atom is 0.517 e. The number of ether oxygens (including phenoxy) is 1. The fraction of sp³-hybridized carbons (Fsp3) is 0.417. The van der Waals surface area contributed by atoms with Gasteiger partial charge in [0.1, 0.15) is 0 Å². The highest BCUT2D eigenvalue weighted by molar-refractivity contribution is 7.41. The molecule has 2 unspecified atom stereocenters. The third-order valence-electron chi connectivity index (χ3n) is 2.39. The van der Waals surface area contributed by atoms with Gasteiger partial charge in [-0.15, -0.1) is 0 Å². The summed E-state index contributed by atoms with van der Waals surface area (Å²) in [6, 6.07) is 6.97. The zero-order valence-corrected chi connectivity index (χ0v) is 10.9. The summed E-state index contributed by atoms with van der Waals surface area (Å²) in [5, 5.41) is -0.473. The van der Waals surface area contributed by atoms with Crippen LogP contribution in [0.3, 0.4) is 0 Å². The summed E-state index contributed by atoms with van der Waals surface area (Å²) in [7, 11) is -1.90. The number of rotatable bonds is 2. The van der Waals surface area contributed by atoms with Gasteiger partial charge in [-0.25, -0.2) is 4.79 Å². The molecular formula is C12H14O4P+. The zero-order chi connectivity index (χ0) is 12.6. The van der Waals surface area contributed by atoms with Gasteiger partial charge in [-0.1, -0.05) is 22.7 Å². The van der Waals surface area contributed by atoms with Crippen molar-refractivity contribution in [2.45, 2.75) is 32.2 Å². The monoisotopic (exact) mass is 253 g/mol. The Bertz CT molecular complexity index is 476. The Morgan fingerprint density at radius 2 is 1.94 bits per heavy atom. The minimum Gasteiger partial charge on any atom is -0.423 e. The van der Waals surface area contributed by atoms with Crippen LogP contribution in [0, 0.1) is 0 Å². The molecule has 1 aliphatic heterocycles. The molecule has 1 heterocycles. The second-order valence-corrected chi connectivity index (χ2v) is 6.92. The summed E-state index contributed by atoms with van der Waals surface area (Å²) in [5.41, 5.74) is 1.12. The Labute approximate surface area is 101 Å². The predicted molar refractivity (Wildman–Crippen MR) is 63.0 cm³/mol. The average Bonchev–Trinajstić information content (AvgIpc) is 2.56. The van der Waals surface area contributed by atoms with Crippen molar-refractivity contribution in [3.05, 3.63) is 35.4 Å². The number of hydrogen-bond donors (Lipinski definition) is 0. The smallest absolute Gasteiger partial charge is 0.423 e. The molecule has 2 atom stereocenters. The predicted octanol–water partition coefficient (Wildman–Crippen LogP) is 3.41. The van der Waals surface area contributed by atoms with E-state index in [1.165, 1.54) is 0 Å². The quantitative estimate of drug-likeness (QED) is 0.598. The van der Waals surface area contributed by atoms with E-state index in [1.807, 2.05) is 20.8 Å². The normalized spacial score (nSPS) is 19.8. The van der Waals surface area contributed by atoms with Crippen LogP contribution in [0.15, 0.2) is 24.3 Å². The first-order valence-electron chi connectivity index (χ1n) is 5.33. The number of benzene rings is 1. The molecule has 1 aromatic carbocycles. The van der Waals surface area contributed by atoms with Crippen molar-refractivity contribution in [2.24, 2.45) is 0 Å². The Morgan fingerprint density at radius 1 is 1.29 bits per heavy atom. The van der Waals surface area contributed by atoms with E-state index in [0.29, 0.717) is 11.1 Å². The topological polar surface area (TPSA) is 52.6 Å². The summed E-state index contributed by atoms with van der Waals surface area (Å²) < 4.78 is 22.3. The molecule has 0 saturated carbocycles. The molecule has 0 radical (unpaired) electrons. The van der Waals surface area contributed by atoms with Gasteiger partial charge >= 0.3 is 14.0 Å². The van der Waals surface area contributed by atoms with E-state index in [9.17, 15) is 9.36 Å². The van der Waals surface area contributed by atoms with Crippen molar-refractivity contribution >= 4 is 14.0 Å². The molecule has 5 heteroatoms. The van der Waals surface area contributed by atoms with Crippen LogP contribution in [0.2, 0.25) is 0 Å². The Balaban J connectivity index is 2.21. The highest BCUT2D eigenvalue weighted by Gasteiger charge is 2.44. The van der Waals surface area contributed by atoms with Gasteiger partial charge in [-0.2, -0.15) is 0 Å². The standard InChI is InChI=1S/C12H14O4P/c1-12(2,3)17(14)16-11-9-7-5-4-6-8(9)10(13)15-11/h4-7,11H,1-3H3/q+1. The molecule has 4 nitrogen and oxygen atoms in total. The van der Waals surface area contributed by atoms with Crippen molar-refractivity contribution in [3.8, 4) is 0 Å². The minimum atomic E-state index is -1.90. The molecule has 17 heavy (non-hydrogen) atoms. The van der Waals surface area contributed by atoms with E-state index < -0.39 is 25.4 Å². The lowest BCUT2D eigenvalue weighted by Gasteiger charge is -2.08. The highest BCUT2D eigenvalue weighted by Crippen LogP contribution is 2.46. The van der Waals surface area contributed by atoms with Crippen LogP contribution >= 0.6 is 8.03 Å². The third kappa shape index (κ3) is 2.38. The Kier molecular flexibility index (Phi) is 3.02. The average molecular weight is 253 g/mol. The van der Waals surface area contributed by atoms with Crippen LogP contribution < -0.4 is 0 Å². The molecule has 2 rings (SSSR count). The van der Waals surface area contributed by atoms with Crippen molar-refractivity contribution in [3.63, 3.8) is 0 Å². The lowest BCUT2D eigenvalue weighted by atomic mass is 10.1. The molecule has 0 saturated heterocycles. The van der Waals surface area contributed by atoms with Gasteiger partial charge < -0.3 is 4.74 Å². The van der Waals surface area contributed by atoms with Gasteiger partial charge in [0.2, 0.25) is 0 Å². The number of carbonyl (C=O) groups is 1. The van der Waals surface area contributed by atoms with Crippen LogP contribution in [0.4, 0.5) is 0 Å². The van der Waals surface area contributed by atoms with E-state index in [-0.39, 0.29) is 0 Å². The van der Waals surface area contributed by atoms with Crippen molar-refractivity contribution in [1.29, 1.82) is 0 Å². The van der Waals surface area contributed by atoms with Gasteiger partial charge in [0.15, 0.2) is 5.16 Å². The summed E-state index contributed by atoms with van der Waals surface area (Å²) in [5.74, 6) is -0.428. The molecular weight excluding hydrogens is 239 g/mol. The maximum atomic E-state index is 11.9. The van der Waals surface area contributed by atoms with Crippen LogP contribution in [-0.4, -0.2) is 11.1 Å². The van der Waals surface area contributed by atoms with Gasteiger partial charge in [-0.3, -0.25) is 0 Å². The fourth-order valence-electron chi connectivity index (χ4n) is 1.44. The van der Waals surface area contributed by atoms with E-state index in [2.05, 4.69) is 0 Å². The zero-order valence-electron chi connectivity index (χ0n) is 9.97. The van der Waals surface area contributed by atoms with Crippen LogP contribution in [0.5, 0.6) is 0 Å². The first-order chi connectivity index (χ1) is 7.89. The third-order valence-corrected chi connectivity index (χ3v) is 3.87. The lowest BCUT2D eigenvalue weighted by Crippen LogP contribution is -2.11. The Hall–Kier alpha value is -1.25. The van der Waals surface area contributed by atoms with Crippen LogP contribution in [0.25, 0.3) is 0 Å². The molecule has 0 amide bonds. The fourth-order valence-corrected chi connectivity index (χ4v) is 2.08. The summed E-state index contributed by atoms with van der Waals surface area (Å²) in [4.78, 5) is 11.5. The number of esters is 1. The number of cyclic esters (lactones) is 1. The highest BCUT2D eigenvalue weighted by atomic mass is 31.1. The van der Waals surface area contributed by atoms with Gasteiger partial charge in [0.05, 0.1) is 5.56 Å². The molecule has 0 spiro atoms. The van der Waals surface area contributed by atoms with Crippen LogP contribution in [0.1, 0.15) is 43.0 Å². The van der Waals surface area contributed by atoms with Gasteiger partial charge in [0.25, 0.3) is 6.29 Å². The Morgan fingerprint density at radius 3 is 2.59 bits per heavy atom. The first-order valence-corrected chi connectivity index (χ1v) is 6.51. The van der Waals surface area contributed by atoms with Crippen molar-refractivity contribution in [2.75, 3.05) is 0 Å². The maximum absolute atomic E-state index is 11.9. The molecule has 0 fully saturated rings. The van der Waals surface area contributed by atoms with Crippen molar-refractivity contribution < 1.29 is 18.6 Å². The first kappa shape index (κ1) is 12.2. The largest absolute Gasteiger partial charge is 0.517 e. The van der Waals surface area contributed by atoms with Crippen molar-refractivity contribution in [1.82, 2.24) is 0 Å². The van der Waals surface area contributed by atoms with Gasteiger partial charge in [0, 0.05) is 5.56 Å². The molecule has 1 aromatic rings. The van der Waals surface area contributed by atoms with E-state index in [1.54, 1.807) is 24.3 Å². The molecule has 0 aromatic heterocycles. The van der Waals surface area contributed by atoms with Crippen LogP contribution in [-0.2, 0) is 13.8 Å². The molecule has 0 bridgehead atoms.